The van der Waals surface area contributed by atoms with Gasteiger partial charge in [0.2, 0.25) is 0 Å². The van der Waals surface area contributed by atoms with Crippen LogP contribution in [0.1, 0.15) is 37.7 Å². The van der Waals surface area contributed by atoms with Gasteiger partial charge in [-0.05, 0) is 31.9 Å². The summed E-state index contributed by atoms with van der Waals surface area (Å²) >= 11 is 0. The molecule has 2 aliphatic heterocycles. The van der Waals surface area contributed by atoms with Crippen LogP contribution in [-0.2, 0) is 9.53 Å². The molecular formula is C26H27F3N6O5. The molecule has 1 atom stereocenters. The molecule has 14 heteroatoms. The van der Waals surface area contributed by atoms with Crippen molar-refractivity contribution in [2.24, 2.45) is 0 Å². The molecule has 5 heterocycles. The molecule has 1 unspecified atom stereocenters. The van der Waals surface area contributed by atoms with Crippen molar-refractivity contribution >= 4 is 27.8 Å². The van der Waals surface area contributed by atoms with Gasteiger partial charge in [0.05, 0.1) is 18.3 Å². The maximum absolute atomic E-state index is 12.7. The number of hydrogen-bond donors (Lipinski definition) is 2. The summed E-state index contributed by atoms with van der Waals surface area (Å²) in [4.78, 5) is 35.9. The van der Waals surface area contributed by atoms with Crippen LogP contribution in [0.25, 0.3) is 21.8 Å². The summed E-state index contributed by atoms with van der Waals surface area (Å²) in [7, 11) is 0. The predicted octanol–water partition coefficient (Wildman–Crippen LogP) is 3.48. The Bertz CT molecular complexity index is 1550. The van der Waals surface area contributed by atoms with Crippen molar-refractivity contribution in [3.8, 4) is 5.75 Å². The largest absolute Gasteiger partial charge is 0.490 e. The highest BCUT2D eigenvalue weighted by Gasteiger charge is 2.38. The van der Waals surface area contributed by atoms with E-state index in [0.717, 1.165) is 42.5 Å². The Balaban J connectivity index is 0.000000411. The minimum atomic E-state index is -5.08. The summed E-state index contributed by atoms with van der Waals surface area (Å²) in [6.07, 6.45) is 2.03. The minimum Gasteiger partial charge on any atom is -0.487 e. The smallest absolute Gasteiger partial charge is 0.487 e. The molecule has 6 rings (SSSR count). The zero-order valence-electron chi connectivity index (χ0n) is 21.5. The molecule has 1 aromatic carbocycles. The standard InChI is InChI=1S/C24H26N6O3.C2HF3O2/c1-15(29-13-18(14-29)33-21-4-2-3-16-11-25-8-5-19(16)21)22-27-23-20(24(31)28-22)12-26-30(23)17-6-9-32-10-7-17;3-2(4,5)1(6)7/h2-5,8,11-12,15,17-18H,6-7,9-10,13-14H2,1H3,(H,27,28,31);(H,6,7). The number of carboxylic acids is 1. The number of nitrogens with zero attached hydrogens (tertiary/aromatic N) is 5. The monoisotopic (exact) mass is 560 g/mol. The number of likely N-dealkylation sites (tertiary alicyclic amines) is 1. The number of carbonyl (C=O) groups is 1. The number of ether oxygens (including phenoxy) is 2. The van der Waals surface area contributed by atoms with E-state index >= 15 is 0 Å². The van der Waals surface area contributed by atoms with Gasteiger partial charge in [-0.15, -0.1) is 0 Å². The Morgan fingerprint density at radius 3 is 2.60 bits per heavy atom. The number of halogens is 3. The first-order valence-corrected chi connectivity index (χ1v) is 12.7. The van der Waals surface area contributed by atoms with Crippen LogP contribution in [-0.4, -0.2) is 79.3 Å². The van der Waals surface area contributed by atoms with Crippen molar-refractivity contribution in [3.05, 3.63) is 59.0 Å². The second-order valence-corrected chi connectivity index (χ2v) is 9.65. The molecule has 40 heavy (non-hydrogen) atoms. The Kier molecular flexibility index (Phi) is 7.72. The van der Waals surface area contributed by atoms with Crippen LogP contribution in [0.3, 0.4) is 0 Å². The molecule has 0 spiro atoms. The van der Waals surface area contributed by atoms with Crippen molar-refractivity contribution in [3.63, 3.8) is 0 Å². The molecule has 2 aliphatic rings. The van der Waals surface area contributed by atoms with Crippen molar-refractivity contribution in [1.82, 2.24) is 29.6 Å². The summed E-state index contributed by atoms with van der Waals surface area (Å²) in [5.41, 5.74) is 0.517. The Labute approximate surface area is 225 Å². The first-order valence-electron chi connectivity index (χ1n) is 12.7. The number of aromatic amines is 1. The van der Waals surface area contributed by atoms with Crippen LogP contribution in [0.5, 0.6) is 5.75 Å². The van der Waals surface area contributed by atoms with Crippen molar-refractivity contribution in [2.45, 2.75) is 44.1 Å². The first-order chi connectivity index (χ1) is 19.1. The number of H-pyrrole nitrogens is 1. The third-order valence-electron chi connectivity index (χ3n) is 7.02. The lowest BCUT2D eigenvalue weighted by molar-refractivity contribution is -0.192. The lowest BCUT2D eigenvalue weighted by atomic mass is 10.1. The van der Waals surface area contributed by atoms with Crippen LogP contribution in [0.2, 0.25) is 0 Å². The molecule has 3 aromatic heterocycles. The lowest BCUT2D eigenvalue weighted by Crippen LogP contribution is -2.54. The van der Waals surface area contributed by atoms with E-state index < -0.39 is 12.1 Å². The number of aromatic nitrogens is 5. The molecule has 0 saturated carbocycles. The topological polar surface area (TPSA) is 135 Å². The Morgan fingerprint density at radius 1 is 1.18 bits per heavy atom. The fourth-order valence-electron chi connectivity index (χ4n) is 4.76. The van der Waals surface area contributed by atoms with Crippen LogP contribution >= 0.6 is 0 Å². The number of benzene rings is 1. The van der Waals surface area contributed by atoms with E-state index in [1.807, 2.05) is 35.1 Å². The van der Waals surface area contributed by atoms with Crippen LogP contribution in [0, 0.1) is 0 Å². The lowest BCUT2D eigenvalue weighted by Gasteiger charge is -2.42. The number of pyridine rings is 1. The normalized spacial score (nSPS) is 17.7. The number of fused-ring (bicyclic) bond motifs is 2. The summed E-state index contributed by atoms with van der Waals surface area (Å²) in [6.45, 7) is 5.02. The molecule has 11 nitrogen and oxygen atoms in total. The number of aliphatic carboxylic acids is 1. The van der Waals surface area contributed by atoms with Gasteiger partial charge in [-0.2, -0.15) is 18.3 Å². The maximum Gasteiger partial charge on any atom is 0.490 e. The van der Waals surface area contributed by atoms with Crippen molar-refractivity contribution in [2.75, 3.05) is 26.3 Å². The molecule has 212 valence electrons. The van der Waals surface area contributed by atoms with Gasteiger partial charge in [0.1, 0.15) is 23.1 Å². The fraction of sp³-hybridized carbons (Fsp3) is 0.423. The minimum absolute atomic E-state index is 0.0308. The van der Waals surface area contributed by atoms with Crippen LogP contribution in [0.4, 0.5) is 13.2 Å². The Hall–Kier alpha value is -4.04. The van der Waals surface area contributed by atoms with Gasteiger partial charge >= 0.3 is 12.1 Å². The zero-order valence-corrected chi connectivity index (χ0v) is 21.5. The van der Waals surface area contributed by atoms with Crippen molar-refractivity contribution < 1.29 is 32.5 Å². The van der Waals surface area contributed by atoms with Gasteiger partial charge in [-0.1, -0.05) is 12.1 Å². The van der Waals surface area contributed by atoms with Gasteiger partial charge in [0, 0.05) is 49.5 Å². The maximum atomic E-state index is 12.7. The number of nitrogens with one attached hydrogen (secondary N) is 1. The third-order valence-corrected chi connectivity index (χ3v) is 7.02. The fourth-order valence-corrected chi connectivity index (χ4v) is 4.76. The number of hydrogen-bond acceptors (Lipinski definition) is 8. The molecule has 2 fully saturated rings. The van der Waals surface area contributed by atoms with E-state index in [0.29, 0.717) is 30.1 Å². The van der Waals surface area contributed by atoms with Crippen LogP contribution in [0.15, 0.2) is 47.7 Å². The Morgan fingerprint density at radius 2 is 1.90 bits per heavy atom. The molecule has 2 N–H and O–H groups in total. The highest BCUT2D eigenvalue weighted by atomic mass is 19.4. The number of alkyl halides is 3. The SMILES string of the molecule is CC(c1nc2c(cnn2C2CCOCC2)c(=O)[nH]1)N1CC(Oc2cccc3cnccc23)C1.O=C(O)C(F)(F)F. The molecule has 0 aliphatic carbocycles. The summed E-state index contributed by atoms with van der Waals surface area (Å²) in [5.74, 6) is -1.22. The van der Waals surface area contributed by atoms with E-state index in [1.165, 1.54) is 0 Å². The summed E-state index contributed by atoms with van der Waals surface area (Å²) in [6, 6.07) is 8.19. The predicted molar refractivity (Wildman–Crippen MR) is 137 cm³/mol. The molecule has 0 bridgehead atoms. The summed E-state index contributed by atoms with van der Waals surface area (Å²) < 4.78 is 45.4. The van der Waals surface area contributed by atoms with Gasteiger partial charge in [0.15, 0.2) is 5.65 Å². The molecule has 2 saturated heterocycles. The molecule has 4 aromatic rings. The highest BCUT2D eigenvalue weighted by Crippen LogP contribution is 2.30. The second kappa shape index (κ2) is 11.2. The van der Waals surface area contributed by atoms with E-state index in [1.54, 1.807) is 12.4 Å². The van der Waals surface area contributed by atoms with Gasteiger partial charge < -0.3 is 19.6 Å². The van der Waals surface area contributed by atoms with Gasteiger partial charge in [-0.25, -0.2) is 14.5 Å². The van der Waals surface area contributed by atoms with E-state index in [9.17, 15) is 18.0 Å². The average Bonchev–Trinajstić information content (AvgIpc) is 3.35. The van der Waals surface area contributed by atoms with Crippen molar-refractivity contribution in [1.29, 1.82) is 0 Å². The second-order valence-electron chi connectivity index (χ2n) is 9.65. The van der Waals surface area contributed by atoms with Gasteiger partial charge in [-0.3, -0.25) is 14.7 Å². The molecule has 0 radical (unpaired) electrons. The number of rotatable bonds is 5. The quantitative estimate of drug-likeness (QED) is 0.376. The van der Waals surface area contributed by atoms with E-state index in [4.69, 9.17) is 24.4 Å². The third kappa shape index (κ3) is 5.77. The van der Waals surface area contributed by atoms with Crippen LogP contribution < -0.4 is 10.3 Å². The number of carboxylic acid groups (broad SMARTS) is 1. The van der Waals surface area contributed by atoms with Gasteiger partial charge in [0.25, 0.3) is 5.56 Å². The average molecular weight is 561 g/mol. The van der Waals surface area contributed by atoms with E-state index in [-0.39, 0.29) is 23.7 Å². The zero-order chi connectivity index (χ0) is 28.4. The summed E-state index contributed by atoms with van der Waals surface area (Å²) in [5, 5.41) is 14.3. The highest BCUT2D eigenvalue weighted by molar-refractivity contribution is 5.87. The van der Waals surface area contributed by atoms with E-state index in [2.05, 4.69) is 26.9 Å². The molecular weight excluding hydrogens is 533 g/mol. The first kappa shape index (κ1) is 27.5. The molecule has 0 amide bonds.